The average Bonchev–Trinajstić information content (AvgIpc) is 2.98. The second kappa shape index (κ2) is 7.09. The largest absolute Gasteiger partial charge is 0.316 e. The predicted molar refractivity (Wildman–Crippen MR) is 80.1 cm³/mol. The smallest absolute Gasteiger partial charge is 0.0521 e. The lowest BCUT2D eigenvalue weighted by Gasteiger charge is -2.24. The maximum atomic E-state index is 4.30. The Morgan fingerprint density at radius 1 is 1.32 bits per heavy atom. The fraction of sp³-hybridized carbons (Fsp3) is 0.812. The summed E-state index contributed by atoms with van der Waals surface area (Å²) in [5, 5.41) is 7.96. The third-order valence-electron chi connectivity index (χ3n) is 4.28. The van der Waals surface area contributed by atoms with Crippen LogP contribution in [0, 0.1) is 17.8 Å². The topological polar surface area (TPSA) is 29.9 Å². The minimum Gasteiger partial charge on any atom is -0.316 e. The molecule has 1 fully saturated rings. The molecule has 0 radical (unpaired) electrons. The van der Waals surface area contributed by atoms with Crippen molar-refractivity contribution in [3.05, 3.63) is 18.0 Å². The van der Waals surface area contributed by atoms with E-state index in [-0.39, 0.29) is 0 Å². The minimum atomic E-state index is 0.739. The average molecular weight is 263 g/mol. The summed E-state index contributed by atoms with van der Waals surface area (Å²) in [7, 11) is 2.01. The molecule has 3 heteroatoms. The van der Waals surface area contributed by atoms with Crippen LogP contribution in [0.3, 0.4) is 0 Å². The Kier molecular flexibility index (Phi) is 5.44. The molecule has 0 aliphatic heterocycles. The standard InChI is InChI=1S/C16H29N3/c1-13(2)9-17-11-16(15-6-4-5-7-15)8-14-10-18-19(3)12-14/h10,12-13,15-17H,4-9,11H2,1-3H3. The Morgan fingerprint density at radius 3 is 2.63 bits per heavy atom. The fourth-order valence-corrected chi connectivity index (χ4v) is 3.27. The lowest BCUT2D eigenvalue weighted by atomic mass is 9.86. The third-order valence-corrected chi connectivity index (χ3v) is 4.28. The summed E-state index contributed by atoms with van der Waals surface area (Å²) in [5.41, 5.74) is 1.39. The van der Waals surface area contributed by atoms with Gasteiger partial charge in [0, 0.05) is 13.2 Å². The van der Waals surface area contributed by atoms with Crippen LogP contribution in [0.2, 0.25) is 0 Å². The Hall–Kier alpha value is -0.830. The lowest BCUT2D eigenvalue weighted by molar-refractivity contribution is 0.316. The molecule has 0 amide bonds. The molecular formula is C16H29N3. The summed E-state index contributed by atoms with van der Waals surface area (Å²) in [6, 6.07) is 0. The Balaban J connectivity index is 1.89. The van der Waals surface area contributed by atoms with Gasteiger partial charge in [0.05, 0.1) is 6.20 Å². The first-order valence-electron chi connectivity index (χ1n) is 7.83. The van der Waals surface area contributed by atoms with Crippen molar-refractivity contribution in [3.63, 3.8) is 0 Å². The van der Waals surface area contributed by atoms with E-state index in [1.165, 1.54) is 37.7 Å². The Morgan fingerprint density at radius 2 is 2.05 bits per heavy atom. The molecule has 1 aliphatic carbocycles. The summed E-state index contributed by atoms with van der Waals surface area (Å²) < 4.78 is 1.92. The van der Waals surface area contributed by atoms with Crippen molar-refractivity contribution in [1.82, 2.24) is 15.1 Å². The first kappa shape index (κ1) is 14.6. The van der Waals surface area contributed by atoms with E-state index in [4.69, 9.17) is 0 Å². The summed E-state index contributed by atoms with van der Waals surface area (Å²) in [4.78, 5) is 0. The van der Waals surface area contributed by atoms with Crippen molar-refractivity contribution in [1.29, 1.82) is 0 Å². The molecule has 1 heterocycles. The Labute approximate surface area is 117 Å². The molecule has 0 saturated heterocycles. The maximum absolute atomic E-state index is 4.30. The van der Waals surface area contributed by atoms with Gasteiger partial charge in [-0.15, -0.1) is 0 Å². The van der Waals surface area contributed by atoms with Gasteiger partial charge in [0.25, 0.3) is 0 Å². The molecule has 1 aliphatic rings. The van der Waals surface area contributed by atoms with Crippen LogP contribution in [-0.2, 0) is 13.5 Å². The van der Waals surface area contributed by atoms with Crippen molar-refractivity contribution in [2.75, 3.05) is 13.1 Å². The van der Waals surface area contributed by atoms with E-state index in [2.05, 4.69) is 30.5 Å². The summed E-state index contributed by atoms with van der Waals surface area (Å²) in [5.74, 6) is 2.44. The predicted octanol–water partition coefficient (Wildman–Crippen LogP) is 3.01. The van der Waals surface area contributed by atoms with Crippen LogP contribution in [0.4, 0.5) is 0 Å². The van der Waals surface area contributed by atoms with Crippen molar-refractivity contribution >= 4 is 0 Å². The van der Waals surface area contributed by atoms with E-state index >= 15 is 0 Å². The van der Waals surface area contributed by atoms with E-state index in [0.29, 0.717) is 0 Å². The van der Waals surface area contributed by atoms with E-state index in [1.54, 1.807) is 0 Å². The maximum Gasteiger partial charge on any atom is 0.0521 e. The van der Waals surface area contributed by atoms with Gasteiger partial charge in [-0.1, -0.05) is 39.5 Å². The highest BCUT2D eigenvalue weighted by atomic mass is 15.2. The monoisotopic (exact) mass is 263 g/mol. The van der Waals surface area contributed by atoms with Crippen molar-refractivity contribution in [2.24, 2.45) is 24.8 Å². The van der Waals surface area contributed by atoms with Crippen LogP contribution in [0.25, 0.3) is 0 Å². The summed E-state index contributed by atoms with van der Waals surface area (Å²) in [6.07, 6.45) is 11.1. The molecule has 0 aromatic carbocycles. The van der Waals surface area contributed by atoms with Gasteiger partial charge >= 0.3 is 0 Å². The third kappa shape index (κ3) is 4.64. The van der Waals surface area contributed by atoms with Crippen LogP contribution in [-0.4, -0.2) is 22.9 Å². The zero-order valence-electron chi connectivity index (χ0n) is 12.7. The fourth-order valence-electron chi connectivity index (χ4n) is 3.27. The van der Waals surface area contributed by atoms with Gasteiger partial charge in [0.1, 0.15) is 0 Å². The molecule has 1 aromatic rings. The van der Waals surface area contributed by atoms with Crippen LogP contribution >= 0.6 is 0 Å². The summed E-state index contributed by atoms with van der Waals surface area (Å²) >= 11 is 0. The molecule has 1 unspecified atom stereocenters. The molecule has 0 bridgehead atoms. The number of aromatic nitrogens is 2. The van der Waals surface area contributed by atoms with Gasteiger partial charge in [-0.3, -0.25) is 4.68 Å². The van der Waals surface area contributed by atoms with Gasteiger partial charge in [0.2, 0.25) is 0 Å². The second-order valence-corrected chi connectivity index (χ2v) is 6.58. The lowest BCUT2D eigenvalue weighted by Crippen LogP contribution is -2.31. The summed E-state index contributed by atoms with van der Waals surface area (Å²) in [6.45, 7) is 6.85. The molecule has 1 aromatic heterocycles. The van der Waals surface area contributed by atoms with Crippen LogP contribution in [0.1, 0.15) is 45.1 Å². The minimum absolute atomic E-state index is 0.739. The van der Waals surface area contributed by atoms with Gasteiger partial charge in [-0.05, 0) is 42.8 Å². The van der Waals surface area contributed by atoms with E-state index in [9.17, 15) is 0 Å². The van der Waals surface area contributed by atoms with Crippen LogP contribution < -0.4 is 5.32 Å². The zero-order chi connectivity index (χ0) is 13.7. The number of nitrogens with zero attached hydrogens (tertiary/aromatic N) is 2. The number of nitrogens with one attached hydrogen (secondary N) is 1. The molecule has 1 saturated carbocycles. The first-order valence-corrected chi connectivity index (χ1v) is 7.83. The molecule has 1 N–H and O–H groups in total. The van der Waals surface area contributed by atoms with Gasteiger partial charge in [0.15, 0.2) is 0 Å². The van der Waals surface area contributed by atoms with Crippen LogP contribution in [0.15, 0.2) is 12.4 Å². The normalized spacial score (nSPS) is 18.3. The quantitative estimate of drug-likeness (QED) is 0.819. The molecule has 108 valence electrons. The number of hydrogen-bond donors (Lipinski definition) is 1. The van der Waals surface area contributed by atoms with Crippen LogP contribution in [0.5, 0.6) is 0 Å². The van der Waals surface area contributed by atoms with Crippen molar-refractivity contribution in [2.45, 2.75) is 46.0 Å². The number of hydrogen-bond acceptors (Lipinski definition) is 2. The molecule has 1 atom stereocenters. The van der Waals surface area contributed by atoms with Gasteiger partial charge in [-0.25, -0.2) is 0 Å². The zero-order valence-corrected chi connectivity index (χ0v) is 12.7. The van der Waals surface area contributed by atoms with Crippen molar-refractivity contribution in [3.8, 4) is 0 Å². The molecular weight excluding hydrogens is 234 g/mol. The van der Waals surface area contributed by atoms with E-state index in [1.807, 2.05) is 17.9 Å². The molecule has 3 nitrogen and oxygen atoms in total. The van der Waals surface area contributed by atoms with Gasteiger partial charge in [-0.2, -0.15) is 5.10 Å². The number of aryl methyl sites for hydroxylation is 1. The molecule has 2 rings (SSSR count). The van der Waals surface area contributed by atoms with E-state index in [0.717, 1.165) is 30.8 Å². The van der Waals surface area contributed by atoms with E-state index < -0.39 is 0 Å². The number of rotatable bonds is 7. The molecule has 19 heavy (non-hydrogen) atoms. The SMILES string of the molecule is CC(C)CNCC(Cc1cnn(C)c1)C1CCCC1. The van der Waals surface area contributed by atoms with Gasteiger partial charge < -0.3 is 5.32 Å². The first-order chi connectivity index (χ1) is 9.15. The second-order valence-electron chi connectivity index (χ2n) is 6.58. The highest BCUT2D eigenvalue weighted by molar-refractivity contribution is 5.05. The Bertz CT molecular complexity index is 364. The highest BCUT2D eigenvalue weighted by Gasteiger charge is 2.25. The van der Waals surface area contributed by atoms with Crippen molar-refractivity contribution < 1.29 is 0 Å². The highest BCUT2D eigenvalue weighted by Crippen LogP contribution is 2.33. The molecule has 0 spiro atoms.